The summed E-state index contributed by atoms with van der Waals surface area (Å²) in [7, 11) is 0. The number of imidazole rings is 1. The first-order valence-electron chi connectivity index (χ1n) is 3.86. The summed E-state index contributed by atoms with van der Waals surface area (Å²) in [5, 5.41) is 8.74. The average molecular weight is 230 g/mol. The quantitative estimate of drug-likeness (QED) is 0.775. The molecule has 0 radical (unpaired) electrons. The van der Waals surface area contributed by atoms with Crippen LogP contribution in [-0.4, -0.2) is 20.5 Å². The van der Waals surface area contributed by atoms with Crippen molar-refractivity contribution >= 4 is 29.0 Å². The number of carboxylic acid groups (broad SMARTS) is 1. The monoisotopic (exact) mass is 229 g/mol. The number of carbonyl (C=O) groups is 1. The van der Waals surface area contributed by atoms with Crippen molar-refractivity contribution in [3.63, 3.8) is 0 Å². The number of pyridine rings is 1. The molecule has 15 heavy (non-hydrogen) atoms. The number of halogens is 2. The van der Waals surface area contributed by atoms with Gasteiger partial charge in [0.25, 0.3) is 0 Å². The Hall–Kier alpha value is -1.82. The molecule has 0 aliphatic rings. The zero-order valence-electron chi connectivity index (χ0n) is 7.24. The number of aromatic carboxylic acids is 1. The maximum absolute atomic E-state index is 13.0. The van der Waals surface area contributed by atoms with E-state index in [4.69, 9.17) is 22.4 Å². The van der Waals surface area contributed by atoms with Gasteiger partial charge in [-0.1, -0.05) is 11.6 Å². The largest absolute Gasteiger partial charge is 0.476 e. The molecule has 3 N–H and O–H groups in total. The Morgan fingerprint density at radius 2 is 2.33 bits per heavy atom. The Kier molecular flexibility index (Phi) is 2.01. The highest BCUT2D eigenvalue weighted by molar-refractivity contribution is 6.33. The second-order valence-corrected chi connectivity index (χ2v) is 3.26. The number of hydrogen-bond acceptors (Lipinski definition) is 3. The van der Waals surface area contributed by atoms with Crippen molar-refractivity contribution in [2.45, 2.75) is 0 Å². The molecular weight excluding hydrogens is 225 g/mol. The summed E-state index contributed by atoms with van der Waals surface area (Å²) >= 11 is 5.68. The van der Waals surface area contributed by atoms with Gasteiger partial charge in [-0.15, -0.1) is 0 Å². The summed E-state index contributed by atoms with van der Waals surface area (Å²) in [5.41, 5.74) is 5.25. The molecule has 0 aromatic carbocycles. The van der Waals surface area contributed by atoms with Crippen molar-refractivity contribution < 1.29 is 14.3 Å². The maximum Gasteiger partial charge on any atom is 0.358 e. The SMILES string of the molecule is Nc1c(C(=O)O)nc2c(Cl)cc(F)cn12. The molecule has 0 atom stereocenters. The minimum absolute atomic E-state index is 0.00852. The number of carboxylic acids is 1. The fraction of sp³-hybridized carbons (Fsp3) is 0. The Balaban J connectivity index is 2.88. The number of hydrogen-bond donors (Lipinski definition) is 2. The number of aromatic nitrogens is 2. The van der Waals surface area contributed by atoms with Crippen LogP contribution in [0.1, 0.15) is 10.5 Å². The van der Waals surface area contributed by atoms with Crippen LogP contribution < -0.4 is 5.73 Å². The van der Waals surface area contributed by atoms with Crippen molar-refractivity contribution in [1.29, 1.82) is 0 Å². The number of rotatable bonds is 1. The first-order valence-corrected chi connectivity index (χ1v) is 4.24. The smallest absolute Gasteiger partial charge is 0.358 e. The van der Waals surface area contributed by atoms with Gasteiger partial charge in [-0.05, 0) is 6.07 Å². The third-order valence-corrected chi connectivity index (χ3v) is 2.16. The maximum atomic E-state index is 13.0. The van der Waals surface area contributed by atoms with Gasteiger partial charge < -0.3 is 10.8 Å². The van der Waals surface area contributed by atoms with Crippen molar-refractivity contribution in [2.24, 2.45) is 0 Å². The van der Waals surface area contributed by atoms with E-state index >= 15 is 0 Å². The molecule has 78 valence electrons. The van der Waals surface area contributed by atoms with Gasteiger partial charge in [0.1, 0.15) is 11.6 Å². The van der Waals surface area contributed by atoms with Crippen LogP contribution >= 0.6 is 11.6 Å². The molecular formula is C8H5ClFN3O2. The molecule has 0 bridgehead atoms. The first kappa shape index (κ1) is 9.72. The zero-order valence-corrected chi connectivity index (χ0v) is 7.99. The van der Waals surface area contributed by atoms with Crippen molar-refractivity contribution in [3.8, 4) is 0 Å². The van der Waals surface area contributed by atoms with E-state index in [0.717, 1.165) is 16.7 Å². The lowest BCUT2D eigenvalue weighted by atomic mass is 10.4. The summed E-state index contributed by atoms with van der Waals surface area (Å²) in [6.45, 7) is 0. The molecule has 2 aromatic heterocycles. The van der Waals surface area contributed by atoms with Crippen LogP contribution in [0.5, 0.6) is 0 Å². The Morgan fingerprint density at radius 1 is 1.67 bits per heavy atom. The molecule has 5 nitrogen and oxygen atoms in total. The highest BCUT2D eigenvalue weighted by Crippen LogP contribution is 2.22. The van der Waals surface area contributed by atoms with Gasteiger partial charge in [0.2, 0.25) is 0 Å². The summed E-state index contributed by atoms with van der Waals surface area (Å²) < 4.78 is 14.1. The van der Waals surface area contributed by atoms with Crippen LogP contribution in [0.3, 0.4) is 0 Å². The Bertz CT molecular complexity index is 567. The van der Waals surface area contributed by atoms with Crippen LogP contribution in [0.2, 0.25) is 5.02 Å². The molecule has 7 heteroatoms. The number of fused-ring (bicyclic) bond motifs is 1. The molecule has 2 heterocycles. The number of nitrogens with zero attached hydrogens (tertiary/aromatic N) is 2. The molecule has 0 spiro atoms. The molecule has 2 rings (SSSR count). The van der Waals surface area contributed by atoms with E-state index in [0.29, 0.717) is 0 Å². The normalized spacial score (nSPS) is 10.8. The minimum atomic E-state index is -1.28. The lowest BCUT2D eigenvalue weighted by molar-refractivity contribution is 0.0692. The molecule has 0 aliphatic carbocycles. The van der Waals surface area contributed by atoms with Gasteiger partial charge in [-0.3, -0.25) is 4.40 Å². The van der Waals surface area contributed by atoms with Gasteiger partial charge in [-0.25, -0.2) is 14.2 Å². The predicted molar refractivity (Wildman–Crippen MR) is 51.5 cm³/mol. The molecule has 0 saturated carbocycles. The number of nitrogen functional groups attached to an aromatic ring is 1. The first-order chi connectivity index (χ1) is 7.00. The fourth-order valence-corrected chi connectivity index (χ4v) is 1.49. The summed E-state index contributed by atoms with van der Waals surface area (Å²) in [5.74, 6) is -2.06. The van der Waals surface area contributed by atoms with E-state index < -0.39 is 11.8 Å². The highest BCUT2D eigenvalue weighted by atomic mass is 35.5. The topological polar surface area (TPSA) is 80.6 Å². The number of nitrogens with two attached hydrogens (primary N) is 1. The zero-order chi connectivity index (χ0) is 11.2. The standard InChI is InChI=1S/C8H5ClFN3O2/c9-4-1-3(10)2-13-6(11)5(8(14)15)12-7(4)13/h1-2H,11H2,(H,14,15). The van der Waals surface area contributed by atoms with Crippen LogP contribution in [0.25, 0.3) is 5.65 Å². The predicted octanol–water partition coefficient (Wildman–Crippen LogP) is 1.41. The van der Waals surface area contributed by atoms with Crippen LogP contribution in [-0.2, 0) is 0 Å². The van der Waals surface area contributed by atoms with Gasteiger partial charge in [0.15, 0.2) is 11.3 Å². The molecule has 0 unspecified atom stereocenters. The van der Waals surface area contributed by atoms with Crippen LogP contribution in [0.15, 0.2) is 12.3 Å². The second-order valence-electron chi connectivity index (χ2n) is 2.85. The summed E-state index contributed by atoms with van der Waals surface area (Å²) in [6, 6.07) is 1.04. The Morgan fingerprint density at radius 3 is 2.93 bits per heavy atom. The van der Waals surface area contributed by atoms with Crippen LogP contribution in [0.4, 0.5) is 10.2 Å². The van der Waals surface area contributed by atoms with E-state index in [-0.39, 0.29) is 22.2 Å². The molecule has 2 aromatic rings. The lowest BCUT2D eigenvalue weighted by Gasteiger charge is -1.97. The third kappa shape index (κ3) is 1.39. The Labute approximate surface area is 87.9 Å². The molecule has 0 aliphatic heterocycles. The van der Waals surface area contributed by atoms with Gasteiger partial charge in [0, 0.05) is 6.20 Å². The number of anilines is 1. The van der Waals surface area contributed by atoms with Crippen LogP contribution in [0, 0.1) is 5.82 Å². The summed E-state index contributed by atoms with van der Waals surface area (Å²) in [4.78, 5) is 14.4. The van der Waals surface area contributed by atoms with Crippen molar-refractivity contribution in [2.75, 3.05) is 5.73 Å². The molecule has 0 fully saturated rings. The van der Waals surface area contributed by atoms with E-state index in [2.05, 4.69) is 4.98 Å². The van der Waals surface area contributed by atoms with E-state index in [9.17, 15) is 9.18 Å². The average Bonchev–Trinajstić information content (AvgIpc) is 2.44. The highest BCUT2D eigenvalue weighted by Gasteiger charge is 2.17. The second kappa shape index (κ2) is 3.09. The van der Waals surface area contributed by atoms with E-state index in [1.165, 1.54) is 0 Å². The molecule has 0 saturated heterocycles. The van der Waals surface area contributed by atoms with E-state index in [1.54, 1.807) is 0 Å². The van der Waals surface area contributed by atoms with Crippen molar-refractivity contribution in [1.82, 2.24) is 9.38 Å². The fourth-order valence-electron chi connectivity index (χ4n) is 1.25. The molecule has 0 amide bonds. The summed E-state index contributed by atoms with van der Waals surface area (Å²) in [6.07, 6.45) is 1.02. The third-order valence-electron chi connectivity index (χ3n) is 1.88. The van der Waals surface area contributed by atoms with Gasteiger partial charge >= 0.3 is 5.97 Å². The van der Waals surface area contributed by atoms with E-state index in [1.807, 2.05) is 0 Å². The minimum Gasteiger partial charge on any atom is -0.476 e. The van der Waals surface area contributed by atoms with Gasteiger partial charge in [-0.2, -0.15) is 0 Å². The lowest BCUT2D eigenvalue weighted by Crippen LogP contribution is -2.02. The van der Waals surface area contributed by atoms with Crippen molar-refractivity contribution in [3.05, 3.63) is 28.8 Å². The van der Waals surface area contributed by atoms with Gasteiger partial charge in [0.05, 0.1) is 5.02 Å².